The summed E-state index contributed by atoms with van der Waals surface area (Å²) >= 11 is 0. The number of hydrogen-bond donors (Lipinski definition) is 3. The smallest absolute Gasteiger partial charge is 0.295 e. The molecule has 0 aromatic heterocycles. The average molecular weight is 232 g/mol. The minimum absolute atomic E-state index is 0.118. The monoisotopic (exact) mass is 232 g/mol. The van der Waals surface area contributed by atoms with E-state index < -0.39 is 16.7 Å². The Morgan fingerprint density at radius 1 is 1.13 bits per heavy atom. The van der Waals surface area contributed by atoms with E-state index in [1.165, 1.54) is 19.1 Å². The van der Waals surface area contributed by atoms with Crippen molar-refractivity contribution in [1.29, 1.82) is 0 Å². The van der Waals surface area contributed by atoms with Gasteiger partial charge >= 0.3 is 0 Å². The first kappa shape index (κ1) is 12.1. The van der Waals surface area contributed by atoms with Gasteiger partial charge in [0.15, 0.2) is 0 Å². The minimum Gasteiger partial charge on any atom is -0.392 e. The topological polar surface area (TPSA) is 94.8 Å². The van der Waals surface area contributed by atoms with E-state index in [-0.39, 0.29) is 22.6 Å². The van der Waals surface area contributed by atoms with Crippen LogP contribution in [0.1, 0.15) is 16.7 Å². The van der Waals surface area contributed by atoms with Crippen LogP contribution < -0.4 is 0 Å². The van der Waals surface area contributed by atoms with Crippen molar-refractivity contribution >= 4 is 10.1 Å². The fourth-order valence-electron chi connectivity index (χ4n) is 1.44. The summed E-state index contributed by atoms with van der Waals surface area (Å²) in [6.07, 6.45) is 0. The number of aliphatic hydroxyl groups is 2. The highest BCUT2D eigenvalue weighted by molar-refractivity contribution is 7.86. The minimum atomic E-state index is -4.38. The maximum absolute atomic E-state index is 11.1. The van der Waals surface area contributed by atoms with Crippen LogP contribution in [-0.4, -0.2) is 23.2 Å². The highest BCUT2D eigenvalue weighted by atomic mass is 32.2. The van der Waals surface area contributed by atoms with Gasteiger partial charge in [-0.25, -0.2) is 0 Å². The van der Waals surface area contributed by atoms with Crippen LogP contribution in [0, 0.1) is 6.92 Å². The van der Waals surface area contributed by atoms with E-state index in [9.17, 15) is 8.42 Å². The van der Waals surface area contributed by atoms with Crippen molar-refractivity contribution in [3.05, 3.63) is 28.8 Å². The number of aliphatic hydroxyl groups excluding tert-OH is 2. The van der Waals surface area contributed by atoms with Crippen LogP contribution in [0.15, 0.2) is 17.0 Å². The Kier molecular flexibility index (Phi) is 3.46. The van der Waals surface area contributed by atoms with Gasteiger partial charge in [-0.15, -0.1) is 0 Å². The standard InChI is InChI=1S/C9H12O5S/c1-6-7(4-10)2-3-8(5-11)9(6)15(12,13)14/h2-3,10-11H,4-5H2,1H3,(H,12,13,14). The lowest BCUT2D eigenvalue weighted by molar-refractivity contribution is 0.273. The van der Waals surface area contributed by atoms with Gasteiger partial charge in [-0.05, 0) is 23.6 Å². The van der Waals surface area contributed by atoms with E-state index in [1.54, 1.807) is 0 Å². The molecule has 1 aromatic rings. The van der Waals surface area contributed by atoms with Gasteiger partial charge in [-0.1, -0.05) is 12.1 Å². The zero-order chi connectivity index (χ0) is 11.6. The van der Waals surface area contributed by atoms with Gasteiger partial charge in [0, 0.05) is 0 Å². The lowest BCUT2D eigenvalue weighted by Gasteiger charge is -2.11. The molecule has 0 bridgehead atoms. The maximum Gasteiger partial charge on any atom is 0.295 e. The first-order valence-corrected chi connectivity index (χ1v) is 5.66. The Hall–Kier alpha value is -0.950. The molecule has 0 radical (unpaired) electrons. The lowest BCUT2D eigenvalue weighted by Crippen LogP contribution is -2.08. The van der Waals surface area contributed by atoms with Crippen LogP contribution in [0.3, 0.4) is 0 Å². The van der Waals surface area contributed by atoms with E-state index in [1.807, 2.05) is 0 Å². The molecule has 15 heavy (non-hydrogen) atoms. The normalized spacial score (nSPS) is 11.7. The van der Waals surface area contributed by atoms with Gasteiger partial charge in [0.1, 0.15) is 4.90 Å². The van der Waals surface area contributed by atoms with Crippen LogP contribution in [0.25, 0.3) is 0 Å². The molecule has 0 amide bonds. The molecule has 0 aliphatic rings. The molecule has 6 heteroatoms. The van der Waals surface area contributed by atoms with Crippen molar-refractivity contribution in [2.24, 2.45) is 0 Å². The Labute approximate surface area is 87.7 Å². The fraction of sp³-hybridized carbons (Fsp3) is 0.333. The molecule has 0 heterocycles. The molecule has 84 valence electrons. The van der Waals surface area contributed by atoms with E-state index in [4.69, 9.17) is 14.8 Å². The summed E-state index contributed by atoms with van der Waals surface area (Å²) in [4.78, 5) is -0.323. The second kappa shape index (κ2) is 4.28. The second-order valence-corrected chi connectivity index (χ2v) is 4.49. The molecule has 0 saturated heterocycles. The molecule has 0 spiro atoms. The quantitative estimate of drug-likeness (QED) is 0.648. The zero-order valence-electron chi connectivity index (χ0n) is 8.14. The number of hydrogen-bond acceptors (Lipinski definition) is 4. The third kappa shape index (κ3) is 2.35. The van der Waals surface area contributed by atoms with Crippen molar-refractivity contribution in [3.63, 3.8) is 0 Å². The van der Waals surface area contributed by atoms with Gasteiger partial charge in [-0.3, -0.25) is 4.55 Å². The third-order valence-corrected chi connectivity index (χ3v) is 3.28. The molecule has 0 unspecified atom stereocenters. The van der Waals surface area contributed by atoms with Crippen molar-refractivity contribution in [2.75, 3.05) is 0 Å². The van der Waals surface area contributed by atoms with Crippen molar-refractivity contribution in [3.8, 4) is 0 Å². The average Bonchev–Trinajstić information content (AvgIpc) is 2.15. The number of benzene rings is 1. The molecule has 0 aliphatic carbocycles. The van der Waals surface area contributed by atoms with Crippen molar-refractivity contribution < 1.29 is 23.2 Å². The Bertz CT molecular complexity index is 464. The SMILES string of the molecule is Cc1c(CO)ccc(CO)c1S(=O)(=O)O. The molecular formula is C9H12O5S. The number of rotatable bonds is 3. The van der Waals surface area contributed by atoms with Crippen LogP contribution in [0.5, 0.6) is 0 Å². The molecular weight excluding hydrogens is 220 g/mol. The molecule has 1 rings (SSSR count). The lowest BCUT2D eigenvalue weighted by atomic mass is 10.1. The van der Waals surface area contributed by atoms with Gasteiger partial charge in [0.05, 0.1) is 13.2 Å². The fourth-order valence-corrected chi connectivity index (χ4v) is 2.43. The van der Waals surface area contributed by atoms with Gasteiger partial charge in [-0.2, -0.15) is 8.42 Å². The predicted molar refractivity (Wildman–Crippen MR) is 52.8 cm³/mol. The summed E-state index contributed by atoms with van der Waals surface area (Å²) in [5.41, 5.74) is 0.776. The molecule has 1 aromatic carbocycles. The van der Waals surface area contributed by atoms with Crippen LogP contribution >= 0.6 is 0 Å². The first-order chi connectivity index (χ1) is 6.91. The molecule has 0 fully saturated rings. The Morgan fingerprint density at radius 2 is 1.60 bits per heavy atom. The molecule has 0 saturated carbocycles. The summed E-state index contributed by atoms with van der Waals surface area (Å²) in [6.45, 7) is 0.662. The zero-order valence-corrected chi connectivity index (χ0v) is 8.95. The first-order valence-electron chi connectivity index (χ1n) is 4.22. The molecule has 3 N–H and O–H groups in total. The molecule has 0 atom stereocenters. The van der Waals surface area contributed by atoms with E-state index in [2.05, 4.69) is 0 Å². The summed E-state index contributed by atoms with van der Waals surface area (Å²) < 4.78 is 31.1. The van der Waals surface area contributed by atoms with Gasteiger partial charge in [0.2, 0.25) is 0 Å². The largest absolute Gasteiger partial charge is 0.392 e. The predicted octanol–water partition coefficient (Wildman–Crippen LogP) is 0.226. The van der Waals surface area contributed by atoms with E-state index >= 15 is 0 Å². The van der Waals surface area contributed by atoms with Crippen molar-refractivity contribution in [1.82, 2.24) is 0 Å². The Balaban J connectivity index is 3.58. The van der Waals surface area contributed by atoms with E-state index in [0.717, 1.165) is 0 Å². The van der Waals surface area contributed by atoms with Crippen molar-refractivity contribution in [2.45, 2.75) is 25.0 Å². The highest BCUT2D eigenvalue weighted by Gasteiger charge is 2.19. The molecule has 0 aliphatic heterocycles. The van der Waals surface area contributed by atoms with Crippen LogP contribution in [-0.2, 0) is 23.3 Å². The van der Waals surface area contributed by atoms with Crippen LogP contribution in [0.2, 0.25) is 0 Å². The third-order valence-electron chi connectivity index (χ3n) is 2.20. The highest BCUT2D eigenvalue weighted by Crippen LogP contribution is 2.23. The van der Waals surface area contributed by atoms with E-state index in [0.29, 0.717) is 5.56 Å². The van der Waals surface area contributed by atoms with Gasteiger partial charge in [0.25, 0.3) is 10.1 Å². The summed E-state index contributed by atoms with van der Waals surface area (Å²) in [7, 11) is -4.38. The van der Waals surface area contributed by atoms with Gasteiger partial charge < -0.3 is 10.2 Å². The summed E-state index contributed by atoms with van der Waals surface area (Å²) in [5.74, 6) is 0. The summed E-state index contributed by atoms with van der Waals surface area (Å²) in [5, 5.41) is 17.9. The Morgan fingerprint density at radius 3 is 2.00 bits per heavy atom. The summed E-state index contributed by atoms with van der Waals surface area (Å²) in [6, 6.07) is 2.87. The maximum atomic E-state index is 11.1. The second-order valence-electron chi connectivity index (χ2n) is 3.13. The van der Waals surface area contributed by atoms with Crippen LogP contribution in [0.4, 0.5) is 0 Å². The molecule has 5 nitrogen and oxygen atoms in total.